The lowest BCUT2D eigenvalue weighted by Gasteiger charge is -2.17. The van der Waals surface area contributed by atoms with Crippen LogP contribution in [-0.4, -0.2) is 24.3 Å². The summed E-state index contributed by atoms with van der Waals surface area (Å²) in [4.78, 5) is 11.2. The molecular formula is C9H18N2O2. The zero-order chi connectivity index (χ0) is 9.84. The van der Waals surface area contributed by atoms with Crippen molar-refractivity contribution < 1.29 is 9.53 Å². The van der Waals surface area contributed by atoms with Crippen molar-refractivity contribution >= 4 is 6.09 Å². The van der Waals surface area contributed by atoms with Crippen LogP contribution < -0.4 is 11.1 Å². The molecule has 0 radical (unpaired) electrons. The summed E-state index contributed by atoms with van der Waals surface area (Å²) < 4.78 is 4.95. The first-order valence-corrected chi connectivity index (χ1v) is 4.82. The number of alkyl carbamates (subject to hydrolysis) is 1. The number of carbonyl (C=O) groups excluding carboxylic acids is 1. The molecule has 1 fully saturated rings. The van der Waals surface area contributed by atoms with E-state index in [1.54, 1.807) is 0 Å². The van der Waals surface area contributed by atoms with E-state index in [1.807, 2.05) is 13.8 Å². The molecule has 1 aliphatic rings. The molecule has 1 rings (SSSR count). The van der Waals surface area contributed by atoms with E-state index in [2.05, 4.69) is 5.32 Å². The molecule has 0 aromatic carbocycles. The average molecular weight is 186 g/mol. The fraction of sp³-hybridized carbons (Fsp3) is 0.889. The third-order valence-corrected chi connectivity index (χ3v) is 2.22. The molecule has 0 saturated heterocycles. The van der Waals surface area contributed by atoms with Gasteiger partial charge >= 0.3 is 6.09 Å². The Morgan fingerprint density at radius 2 is 2.23 bits per heavy atom. The topological polar surface area (TPSA) is 64.3 Å². The van der Waals surface area contributed by atoms with E-state index >= 15 is 0 Å². The minimum Gasteiger partial charge on any atom is -0.447 e. The molecule has 0 heterocycles. The lowest BCUT2D eigenvalue weighted by atomic mass is 10.2. The molecular weight excluding hydrogens is 168 g/mol. The van der Waals surface area contributed by atoms with Crippen LogP contribution in [0.15, 0.2) is 0 Å². The molecule has 0 aliphatic heterocycles. The molecule has 0 aromatic rings. The van der Waals surface area contributed by atoms with Gasteiger partial charge in [-0.25, -0.2) is 4.79 Å². The Hall–Kier alpha value is -0.770. The van der Waals surface area contributed by atoms with Gasteiger partial charge in [0, 0.05) is 12.1 Å². The summed E-state index contributed by atoms with van der Waals surface area (Å²) in [6.45, 7) is 3.66. The molecule has 2 unspecified atom stereocenters. The summed E-state index contributed by atoms with van der Waals surface area (Å²) in [7, 11) is 0. The number of amides is 1. The van der Waals surface area contributed by atoms with Crippen LogP contribution in [-0.2, 0) is 4.74 Å². The quantitative estimate of drug-likeness (QED) is 0.676. The van der Waals surface area contributed by atoms with Gasteiger partial charge in [-0.2, -0.15) is 0 Å². The van der Waals surface area contributed by atoms with Gasteiger partial charge in [-0.05, 0) is 33.1 Å². The van der Waals surface area contributed by atoms with Gasteiger partial charge in [0.15, 0.2) is 0 Å². The molecule has 1 amide bonds. The maximum absolute atomic E-state index is 11.2. The number of nitrogens with one attached hydrogen (secondary N) is 1. The van der Waals surface area contributed by atoms with Crippen molar-refractivity contribution in [2.75, 3.05) is 0 Å². The summed E-state index contributed by atoms with van der Waals surface area (Å²) in [5, 5.41) is 2.77. The summed E-state index contributed by atoms with van der Waals surface area (Å²) in [5.41, 5.74) is 5.79. The highest BCUT2D eigenvalue weighted by atomic mass is 16.6. The van der Waals surface area contributed by atoms with E-state index in [0.717, 1.165) is 19.3 Å². The SMILES string of the molecule is CC(C)OC(=O)NC1CCCC1N. The highest BCUT2D eigenvalue weighted by Gasteiger charge is 2.25. The highest BCUT2D eigenvalue weighted by Crippen LogP contribution is 2.16. The number of hydrogen-bond donors (Lipinski definition) is 2. The van der Waals surface area contributed by atoms with Crippen LogP contribution >= 0.6 is 0 Å². The van der Waals surface area contributed by atoms with E-state index in [-0.39, 0.29) is 24.3 Å². The summed E-state index contributed by atoms with van der Waals surface area (Å²) >= 11 is 0. The average Bonchev–Trinajstić information content (AvgIpc) is 2.34. The number of carbonyl (C=O) groups is 1. The molecule has 76 valence electrons. The van der Waals surface area contributed by atoms with Crippen LogP contribution in [0.5, 0.6) is 0 Å². The second-order valence-electron chi connectivity index (χ2n) is 3.80. The van der Waals surface area contributed by atoms with Gasteiger partial charge < -0.3 is 15.8 Å². The predicted molar refractivity (Wildman–Crippen MR) is 50.4 cm³/mol. The van der Waals surface area contributed by atoms with Gasteiger partial charge in [-0.1, -0.05) is 0 Å². The van der Waals surface area contributed by atoms with Gasteiger partial charge in [-0.3, -0.25) is 0 Å². The standard InChI is InChI=1S/C9H18N2O2/c1-6(2)13-9(12)11-8-5-3-4-7(8)10/h6-8H,3-5,10H2,1-2H3,(H,11,12). The van der Waals surface area contributed by atoms with Crippen molar-refractivity contribution in [1.82, 2.24) is 5.32 Å². The third-order valence-electron chi connectivity index (χ3n) is 2.22. The fourth-order valence-corrected chi connectivity index (χ4v) is 1.57. The molecule has 0 spiro atoms. The largest absolute Gasteiger partial charge is 0.447 e. The first-order chi connectivity index (χ1) is 6.09. The van der Waals surface area contributed by atoms with Crippen molar-refractivity contribution in [2.45, 2.75) is 51.3 Å². The lowest BCUT2D eigenvalue weighted by Crippen LogP contribution is -2.44. The van der Waals surface area contributed by atoms with Gasteiger partial charge in [0.05, 0.1) is 6.10 Å². The molecule has 4 nitrogen and oxygen atoms in total. The summed E-state index contributed by atoms with van der Waals surface area (Å²) in [6, 6.07) is 0.200. The van der Waals surface area contributed by atoms with Crippen molar-refractivity contribution in [3.63, 3.8) is 0 Å². The normalized spacial score (nSPS) is 27.7. The Morgan fingerprint density at radius 3 is 2.69 bits per heavy atom. The Morgan fingerprint density at radius 1 is 1.54 bits per heavy atom. The van der Waals surface area contributed by atoms with Crippen LogP contribution in [0, 0.1) is 0 Å². The van der Waals surface area contributed by atoms with Crippen LogP contribution in [0.2, 0.25) is 0 Å². The highest BCUT2D eigenvalue weighted by molar-refractivity contribution is 5.67. The summed E-state index contributed by atoms with van der Waals surface area (Å²) in [6.07, 6.45) is 2.63. The number of rotatable bonds is 2. The minimum atomic E-state index is -0.350. The predicted octanol–water partition coefficient (Wildman–Crippen LogP) is 1.00. The molecule has 1 aliphatic carbocycles. The third kappa shape index (κ3) is 3.22. The molecule has 1 saturated carbocycles. The number of hydrogen-bond acceptors (Lipinski definition) is 3. The number of ether oxygens (including phenoxy) is 1. The summed E-state index contributed by atoms with van der Waals surface area (Å²) in [5.74, 6) is 0. The molecule has 2 atom stereocenters. The Bertz CT molecular complexity index is 182. The van der Waals surface area contributed by atoms with Crippen molar-refractivity contribution in [3.05, 3.63) is 0 Å². The Labute approximate surface area is 78.8 Å². The molecule has 0 aromatic heterocycles. The number of nitrogens with two attached hydrogens (primary N) is 1. The molecule has 4 heteroatoms. The van der Waals surface area contributed by atoms with Crippen LogP contribution in [0.1, 0.15) is 33.1 Å². The van der Waals surface area contributed by atoms with Gasteiger partial charge in [0.1, 0.15) is 0 Å². The van der Waals surface area contributed by atoms with Crippen LogP contribution in [0.3, 0.4) is 0 Å². The maximum atomic E-state index is 11.2. The van der Waals surface area contributed by atoms with Crippen molar-refractivity contribution in [1.29, 1.82) is 0 Å². The van der Waals surface area contributed by atoms with Crippen molar-refractivity contribution in [3.8, 4) is 0 Å². The fourth-order valence-electron chi connectivity index (χ4n) is 1.57. The van der Waals surface area contributed by atoms with Crippen molar-refractivity contribution in [2.24, 2.45) is 5.73 Å². The molecule has 3 N–H and O–H groups in total. The molecule has 0 bridgehead atoms. The second-order valence-corrected chi connectivity index (χ2v) is 3.80. The van der Waals surface area contributed by atoms with Crippen LogP contribution in [0.4, 0.5) is 4.79 Å². The monoisotopic (exact) mass is 186 g/mol. The first kappa shape index (κ1) is 10.3. The lowest BCUT2D eigenvalue weighted by molar-refractivity contribution is 0.111. The first-order valence-electron chi connectivity index (χ1n) is 4.82. The van der Waals surface area contributed by atoms with E-state index in [9.17, 15) is 4.79 Å². The van der Waals surface area contributed by atoms with Crippen LogP contribution in [0.25, 0.3) is 0 Å². The second kappa shape index (κ2) is 4.46. The smallest absolute Gasteiger partial charge is 0.407 e. The van der Waals surface area contributed by atoms with Gasteiger partial charge in [-0.15, -0.1) is 0 Å². The Balaban J connectivity index is 2.27. The minimum absolute atomic E-state index is 0.0716. The van der Waals surface area contributed by atoms with E-state index in [1.165, 1.54) is 0 Å². The van der Waals surface area contributed by atoms with E-state index in [4.69, 9.17) is 10.5 Å². The molecule has 13 heavy (non-hydrogen) atoms. The zero-order valence-corrected chi connectivity index (χ0v) is 8.25. The zero-order valence-electron chi connectivity index (χ0n) is 8.25. The van der Waals surface area contributed by atoms with Gasteiger partial charge in [0.2, 0.25) is 0 Å². The Kier molecular flexibility index (Phi) is 3.54. The maximum Gasteiger partial charge on any atom is 0.407 e. The van der Waals surface area contributed by atoms with E-state index in [0.29, 0.717) is 0 Å². The van der Waals surface area contributed by atoms with E-state index < -0.39 is 0 Å². The van der Waals surface area contributed by atoms with Gasteiger partial charge in [0.25, 0.3) is 0 Å².